The van der Waals surface area contributed by atoms with Gasteiger partial charge in [0.05, 0.1) is 22.0 Å². The van der Waals surface area contributed by atoms with Crippen LogP contribution in [0.2, 0.25) is 10.0 Å². The van der Waals surface area contributed by atoms with Gasteiger partial charge in [0.2, 0.25) is 5.91 Å². The summed E-state index contributed by atoms with van der Waals surface area (Å²) in [7, 11) is 0. The Bertz CT molecular complexity index is 752. The first-order valence-corrected chi connectivity index (χ1v) is 11.6. The molecule has 2 heterocycles. The van der Waals surface area contributed by atoms with Gasteiger partial charge in [-0.05, 0) is 50.0 Å². The summed E-state index contributed by atoms with van der Waals surface area (Å²) < 4.78 is 0. The predicted molar refractivity (Wildman–Crippen MR) is 111 cm³/mol. The van der Waals surface area contributed by atoms with E-state index in [4.69, 9.17) is 23.2 Å². The lowest BCUT2D eigenvalue weighted by atomic mass is 9.81. The minimum absolute atomic E-state index is 0.0513. The van der Waals surface area contributed by atoms with E-state index in [9.17, 15) is 9.59 Å². The van der Waals surface area contributed by atoms with E-state index < -0.39 is 0 Å². The number of hydrogen-bond donors (Lipinski definition) is 0. The summed E-state index contributed by atoms with van der Waals surface area (Å²) in [5, 5.41) is 0.781. The summed E-state index contributed by atoms with van der Waals surface area (Å²) in [6.07, 6.45) is 3.46. The fourth-order valence-corrected chi connectivity index (χ4v) is 5.86. The van der Waals surface area contributed by atoms with E-state index in [1.807, 2.05) is 11.8 Å². The van der Waals surface area contributed by atoms with Crippen LogP contribution in [0.15, 0.2) is 12.1 Å². The fourth-order valence-electron chi connectivity index (χ4n) is 4.47. The standard InChI is InChI=1S/C20H24Cl2N2O2S/c21-17-9-15-14(3-4-19(25)16(15)10-18(17)22)20(26)24-7-8-27-12-13(24)11-23-5-1-2-6-23/h9-10,13-14H,1-8,11-12H2/t13-,14+/m1/s1. The van der Waals surface area contributed by atoms with Crippen molar-refractivity contribution >= 4 is 46.7 Å². The molecule has 0 aromatic heterocycles. The van der Waals surface area contributed by atoms with E-state index in [0.717, 1.165) is 43.2 Å². The number of Topliss-reactive ketones (excluding diaryl/α,β-unsaturated/α-hetero) is 1. The SMILES string of the molecule is O=C1CC[C@H](C(=O)N2CCSC[C@H]2CN2CCCC2)c2cc(Cl)c(Cl)cc21. The molecule has 0 N–H and O–H groups in total. The molecule has 146 valence electrons. The number of halogens is 2. The van der Waals surface area contributed by atoms with Crippen LogP contribution in [0.3, 0.4) is 0 Å². The van der Waals surface area contributed by atoms with Crippen LogP contribution in [0.1, 0.15) is 47.5 Å². The first-order chi connectivity index (χ1) is 13.0. The third-order valence-electron chi connectivity index (χ3n) is 5.90. The van der Waals surface area contributed by atoms with Crippen molar-refractivity contribution in [1.82, 2.24) is 9.80 Å². The molecule has 2 atom stereocenters. The highest BCUT2D eigenvalue weighted by atomic mass is 35.5. The zero-order chi connectivity index (χ0) is 19.0. The molecule has 1 aromatic carbocycles. The van der Waals surface area contributed by atoms with Crippen molar-refractivity contribution in [3.8, 4) is 0 Å². The monoisotopic (exact) mass is 426 g/mol. The maximum Gasteiger partial charge on any atom is 0.230 e. The molecule has 2 aliphatic heterocycles. The summed E-state index contributed by atoms with van der Waals surface area (Å²) in [4.78, 5) is 30.4. The minimum Gasteiger partial charge on any atom is -0.336 e. The highest BCUT2D eigenvalue weighted by molar-refractivity contribution is 7.99. The van der Waals surface area contributed by atoms with Gasteiger partial charge in [-0.25, -0.2) is 0 Å². The Morgan fingerprint density at radius 1 is 1.15 bits per heavy atom. The molecular weight excluding hydrogens is 403 g/mol. The molecule has 2 saturated heterocycles. The summed E-state index contributed by atoms with van der Waals surface area (Å²) >= 11 is 14.3. The van der Waals surface area contributed by atoms with Gasteiger partial charge in [-0.2, -0.15) is 11.8 Å². The Balaban J connectivity index is 1.58. The lowest BCUT2D eigenvalue weighted by Crippen LogP contribution is -2.52. The number of thioether (sulfide) groups is 1. The number of likely N-dealkylation sites (tertiary alicyclic amines) is 1. The van der Waals surface area contributed by atoms with Crippen LogP contribution in [0.5, 0.6) is 0 Å². The van der Waals surface area contributed by atoms with E-state index in [1.165, 1.54) is 12.8 Å². The van der Waals surface area contributed by atoms with Gasteiger partial charge in [0.15, 0.2) is 5.78 Å². The molecule has 1 aliphatic carbocycles. The molecule has 0 spiro atoms. The Morgan fingerprint density at radius 3 is 2.67 bits per heavy atom. The van der Waals surface area contributed by atoms with Crippen LogP contribution in [0, 0.1) is 0 Å². The van der Waals surface area contributed by atoms with Gasteiger partial charge in [-0.1, -0.05) is 23.2 Å². The van der Waals surface area contributed by atoms with Crippen molar-refractivity contribution < 1.29 is 9.59 Å². The van der Waals surface area contributed by atoms with E-state index in [2.05, 4.69) is 9.80 Å². The number of carbonyl (C=O) groups is 2. The first-order valence-electron chi connectivity index (χ1n) is 9.67. The van der Waals surface area contributed by atoms with Gasteiger partial charge in [0.1, 0.15) is 0 Å². The molecule has 1 aromatic rings. The quantitative estimate of drug-likeness (QED) is 0.729. The molecule has 0 saturated carbocycles. The highest BCUT2D eigenvalue weighted by Gasteiger charge is 2.37. The smallest absolute Gasteiger partial charge is 0.230 e. The Morgan fingerprint density at radius 2 is 1.89 bits per heavy atom. The van der Waals surface area contributed by atoms with E-state index in [0.29, 0.717) is 28.5 Å². The molecular formula is C20H24Cl2N2O2S. The fraction of sp³-hybridized carbons (Fsp3) is 0.600. The summed E-state index contributed by atoms with van der Waals surface area (Å²) in [6, 6.07) is 3.61. The van der Waals surface area contributed by atoms with E-state index >= 15 is 0 Å². The van der Waals surface area contributed by atoms with Crippen molar-refractivity contribution in [3.05, 3.63) is 33.3 Å². The third-order valence-corrected chi connectivity index (χ3v) is 7.72. The molecule has 2 fully saturated rings. The van der Waals surface area contributed by atoms with Crippen molar-refractivity contribution in [2.24, 2.45) is 0 Å². The molecule has 27 heavy (non-hydrogen) atoms. The number of rotatable bonds is 3. The van der Waals surface area contributed by atoms with Crippen LogP contribution in [0.4, 0.5) is 0 Å². The molecule has 4 nitrogen and oxygen atoms in total. The van der Waals surface area contributed by atoms with E-state index in [-0.39, 0.29) is 23.7 Å². The average molecular weight is 427 g/mol. The first kappa shape index (κ1) is 19.6. The van der Waals surface area contributed by atoms with Gasteiger partial charge < -0.3 is 9.80 Å². The molecule has 0 bridgehead atoms. The number of benzene rings is 1. The molecule has 0 unspecified atom stereocenters. The summed E-state index contributed by atoms with van der Waals surface area (Å²) in [5.41, 5.74) is 1.32. The Labute approximate surface area is 174 Å². The van der Waals surface area contributed by atoms with Crippen LogP contribution < -0.4 is 0 Å². The van der Waals surface area contributed by atoms with Gasteiger partial charge in [-0.3, -0.25) is 9.59 Å². The minimum atomic E-state index is -0.295. The topological polar surface area (TPSA) is 40.6 Å². The third kappa shape index (κ3) is 4.02. The number of ketones is 1. The zero-order valence-electron chi connectivity index (χ0n) is 15.3. The van der Waals surface area contributed by atoms with Gasteiger partial charge >= 0.3 is 0 Å². The highest BCUT2D eigenvalue weighted by Crippen LogP contribution is 2.38. The maximum atomic E-state index is 13.5. The van der Waals surface area contributed by atoms with Crippen LogP contribution in [0.25, 0.3) is 0 Å². The van der Waals surface area contributed by atoms with Crippen molar-refractivity contribution in [2.75, 3.05) is 37.7 Å². The predicted octanol–water partition coefficient (Wildman–Crippen LogP) is 4.09. The number of fused-ring (bicyclic) bond motifs is 1. The molecule has 1 amide bonds. The van der Waals surface area contributed by atoms with Crippen LogP contribution >= 0.6 is 35.0 Å². The lowest BCUT2D eigenvalue weighted by Gasteiger charge is -2.40. The lowest BCUT2D eigenvalue weighted by molar-refractivity contribution is -0.135. The number of nitrogens with zero attached hydrogens (tertiary/aromatic N) is 2. The largest absolute Gasteiger partial charge is 0.336 e. The molecule has 7 heteroatoms. The average Bonchev–Trinajstić information content (AvgIpc) is 3.17. The van der Waals surface area contributed by atoms with Gasteiger partial charge in [-0.15, -0.1) is 0 Å². The van der Waals surface area contributed by atoms with Crippen molar-refractivity contribution in [1.29, 1.82) is 0 Å². The van der Waals surface area contributed by atoms with Crippen molar-refractivity contribution in [3.63, 3.8) is 0 Å². The van der Waals surface area contributed by atoms with E-state index in [1.54, 1.807) is 12.1 Å². The zero-order valence-corrected chi connectivity index (χ0v) is 17.6. The Kier molecular flexibility index (Phi) is 6.03. The number of hydrogen-bond acceptors (Lipinski definition) is 4. The second-order valence-electron chi connectivity index (χ2n) is 7.64. The van der Waals surface area contributed by atoms with Crippen molar-refractivity contribution in [2.45, 2.75) is 37.6 Å². The summed E-state index contributed by atoms with van der Waals surface area (Å²) in [6.45, 7) is 4.01. The number of amides is 1. The molecule has 4 rings (SSSR count). The second-order valence-corrected chi connectivity index (χ2v) is 9.60. The normalized spacial score (nSPS) is 26.3. The summed E-state index contributed by atoms with van der Waals surface area (Å²) in [5.74, 6) is 1.86. The van der Waals surface area contributed by atoms with Crippen LogP contribution in [-0.2, 0) is 4.79 Å². The second kappa shape index (κ2) is 8.32. The van der Waals surface area contributed by atoms with Gasteiger partial charge in [0.25, 0.3) is 0 Å². The van der Waals surface area contributed by atoms with Gasteiger partial charge in [0, 0.05) is 36.6 Å². The molecule has 3 aliphatic rings. The molecule has 0 radical (unpaired) electrons. The Hall–Kier alpha value is -0.750. The number of carbonyl (C=O) groups excluding carboxylic acids is 2. The maximum absolute atomic E-state index is 13.5. The van der Waals surface area contributed by atoms with Crippen LogP contribution in [-0.4, -0.2) is 65.2 Å².